The topological polar surface area (TPSA) is 47.3 Å². The Hall–Kier alpha value is -1.06. The number of methoxy groups -OCH3 is 1. The molecule has 3 nitrogen and oxygen atoms in total. The van der Waals surface area contributed by atoms with Crippen molar-refractivity contribution in [3.8, 4) is 5.75 Å². The van der Waals surface area contributed by atoms with Gasteiger partial charge in [0.2, 0.25) is 0 Å². The number of benzene rings is 1. The van der Waals surface area contributed by atoms with Crippen molar-refractivity contribution >= 4 is 0 Å². The van der Waals surface area contributed by atoms with Crippen molar-refractivity contribution in [1.82, 2.24) is 5.32 Å². The van der Waals surface area contributed by atoms with E-state index in [1.54, 1.807) is 7.11 Å². The summed E-state index contributed by atoms with van der Waals surface area (Å²) in [5, 5.41) is 3.53. The summed E-state index contributed by atoms with van der Waals surface area (Å²) in [6.07, 6.45) is 2.20. The first-order chi connectivity index (χ1) is 7.80. The van der Waals surface area contributed by atoms with Gasteiger partial charge in [-0.15, -0.1) is 0 Å². The van der Waals surface area contributed by atoms with Crippen molar-refractivity contribution in [2.75, 3.05) is 13.7 Å². The van der Waals surface area contributed by atoms with Gasteiger partial charge in [-0.05, 0) is 36.6 Å². The van der Waals surface area contributed by atoms with E-state index in [1.165, 1.54) is 11.1 Å². The molecule has 1 atom stereocenters. The molecule has 88 valence electrons. The molecule has 0 saturated carbocycles. The predicted octanol–water partition coefficient (Wildman–Crippen LogP) is 1.75. The third kappa shape index (κ3) is 1.93. The van der Waals surface area contributed by atoms with Crippen LogP contribution in [-0.2, 0) is 13.0 Å². The van der Waals surface area contributed by atoms with Gasteiger partial charge >= 0.3 is 0 Å². The van der Waals surface area contributed by atoms with Crippen LogP contribution in [-0.4, -0.2) is 13.7 Å². The summed E-state index contributed by atoms with van der Waals surface area (Å²) >= 11 is 0. The summed E-state index contributed by atoms with van der Waals surface area (Å²) in [6.45, 7) is 3.80. The molecule has 0 aromatic heterocycles. The summed E-state index contributed by atoms with van der Waals surface area (Å²) in [6, 6.07) is 4.82. The molecule has 0 spiro atoms. The molecule has 0 fully saturated rings. The van der Waals surface area contributed by atoms with E-state index in [2.05, 4.69) is 24.4 Å². The number of fused-ring (bicyclic) bond motifs is 1. The van der Waals surface area contributed by atoms with Crippen LogP contribution < -0.4 is 15.8 Å². The zero-order valence-electron chi connectivity index (χ0n) is 10.0. The van der Waals surface area contributed by atoms with Gasteiger partial charge in [0.25, 0.3) is 0 Å². The van der Waals surface area contributed by atoms with Crippen LogP contribution in [0.2, 0.25) is 0 Å². The SMILES string of the molecule is CCC1NCCc2cc(CN)c(OC)cc21. The molecule has 0 bridgehead atoms. The molecule has 1 unspecified atom stereocenters. The Bertz CT molecular complexity index is 376. The first-order valence-corrected chi connectivity index (χ1v) is 5.93. The lowest BCUT2D eigenvalue weighted by atomic mass is 9.91. The van der Waals surface area contributed by atoms with E-state index in [1.807, 2.05) is 0 Å². The highest BCUT2D eigenvalue weighted by atomic mass is 16.5. The zero-order chi connectivity index (χ0) is 11.5. The van der Waals surface area contributed by atoms with Gasteiger partial charge in [0.05, 0.1) is 7.11 Å². The second-order valence-electron chi connectivity index (χ2n) is 4.23. The smallest absolute Gasteiger partial charge is 0.123 e. The maximum absolute atomic E-state index is 5.73. The minimum absolute atomic E-state index is 0.462. The van der Waals surface area contributed by atoms with Crippen LogP contribution >= 0.6 is 0 Å². The van der Waals surface area contributed by atoms with Crippen LogP contribution in [0.15, 0.2) is 12.1 Å². The third-order valence-corrected chi connectivity index (χ3v) is 3.33. The lowest BCUT2D eigenvalue weighted by Gasteiger charge is -2.27. The average Bonchev–Trinajstić information content (AvgIpc) is 2.36. The van der Waals surface area contributed by atoms with Crippen LogP contribution in [0.3, 0.4) is 0 Å². The highest BCUT2D eigenvalue weighted by Gasteiger charge is 2.20. The molecule has 2 rings (SSSR count). The van der Waals surface area contributed by atoms with E-state index in [0.29, 0.717) is 12.6 Å². The third-order valence-electron chi connectivity index (χ3n) is 3.33. The summed E-state index contributed by atoms with van der Waals surface area (Å²) in [7, 11) is 1.71. The molecule has 1 heterocycles. The highest BCUT2D eigenvalue weighted by molar-refractivity contribution is 5.45. The summed E-state index contributed by atoms with van der Waals surface area (Å²) in [5.41, 5.74) is 9.64. The largest absolute Gasteiger partial charge is 0.496 e. The molecule has 16 heavy (non-hydrogen) atoms. The Morgan fingerprint density at radius 2 is 2.31 bits per heavy atom. The van der Waals surface area contributed by atoms with E-state index in [0.717, 1.165) is 30.7 Å². The van der Waals surface area contributed by atoms with Crippen LogP contribution in [0, 0.1) is 0 Å². The lowest BCUT2D eigenvalue weighted by Crippen LogP contribution is -2.29. The number of hydrogen-bond donors (Lipinski definition) is 2. The van der Waals surface area contributed by atoms with Gasteiger partial charge in [0.1, 0.15) is 5.75 Å². The fourth-order valence-corrected chi connectivity index (χ4v) is 2.44. The number of hydrogen-bond acceptors (Lipinski definition) is 3. The number of rotatable bonds is 3. The standard InChI is InChI=1S/C13H20N2O/c1-3-12-11-7-13(16-2)10(8-14)6-9(11)4-5-15-12/h6-7,12,15H,3-5,8,14H2,1-2H3. The Kier molecular flexibility index (Phi) is 3.46. The molecular formula is C13H20N2O. The van der Waals surface area contributed by atoms with Crippen LogP contribution in [0.25, 0.3) is 0 Å². The van der Waals surface area contributed by atoms with Crippen molar-refractivity contribution in [1.29, 1.82) is 0 Å². The Labute approximate surface area is 97.0 Å². The van der Waals surface area contributed by atoms with E-state index in [4.69, 9.17) is 10.5 Å². The normalized spacial score (nSPS) is 19.3. The van der Waals surface area contributed by atoms with Crippen LogP contribution in [0.1, 0.15) is 36.1 Å². The van der Waals surface area contributed by atoms with Gasteiger partial charge in [-0.25, -0.2) is 0 Å². The highest BCUT2D eigenvalue weighted by Crippen LogP contribution is 2.31. The predicted molar refractivity (Wildman–Crippen MR) is 65.6 cm³/mol. The van der Waals surface area contributed by atoms with Crippen molar-refractivity contribution in [3.05, 3.63) is 28.8 Å². The van der Waals surface area contributed by atoms with Crippen LogP contribution in [0.4, 0.5) is 0 Å². The van der Waals surface area contributed by atoms with E-state index in [9.17, 15) is 0 Å². The quantitative estimate of drug-likeness (QED) is 0.816. The molecule has 3 heteroatoms. The zero-order valence-corrected chi connectivity index (χ0v) is 10.0. The molecule has 0 amide bonds. The maximum Gasteiger partial charge on any atom is 0.123 e. The number of ether oxygens (including phenoxy) is 1. The average molecular weight is 220 g/mol. The summed E-state index contributed by atoms with van der Waals surface area (Å²) in [4.78, 5) is 0. The maximum atomic E-state index is 5.73. The fraction of sp³-hybridized carbons (Fsp3) is 0.538. The molecule has 0 radical (unpaired) electrons. The van der Waals surface area contributed by atoms with E-state index in [-0.39, 0.29) is 0 Å². The first kappa shape index (κ1) is 11.4. The Morgan fingerprint density at radius 3 is 2.94 bits per heavy atom. The van der Waals surface area contributed by atoms with Gasteiger partial charge in [-0.2, -0.15) is 0 Å². The van der Waals surface area contributed by atoms with Gasteiger partial charge < -0.3 is 15.8 Å². The van der Waals surface area contributed by atoms with Crippen molar-refractivity contribution in [2.24, 2.45) is 5.73 Å². The van der Waals surface area contributed by atoms with E-state index >= 15 is 0 Å². The van der Waals surface area contributed by atoms with Crippen molar-refractivity contribution in [3.63, 3.8) is 0 Å². The van der Waals surface area contributed by atoms with Crippen LogP contribution in [0.5, 0.6) is 5.75 Å². The van der Waals surface area contributed by atoms with Crippen molar-refractivity contribution in [2.45, 2.75) is 32.4 Å². The Balaban J connectivity index is 2.46. The number of nitrogens with one attached hydrogen (secondary N) is 1. The van der Waals surface area contributed by atoms with E-state index < -0.39 is 0 Å². The molecular weight excluding hydrogens is 200 g/mol. The molecule has 1 aromatic rings. The minimum Gasteiger partial charge on any atom is -0.496 e. The summed E-state index contributed by atoms with van der Waals surface area (Å²) in [5.74, 6) is 0.920. The lowest BCUT2D eigenvalue weighted by molar-refractivity contribution is 0.405. The first-order valence-electron chi connectivity index (χ1n) is 5.93. The second kappa shape index (κ2) is 4.85. The molecule has 1 aliphatic heterocycles. The van der Waals surface area contributed by atoms with Gasteiger partial charge in [-0.1, -0.05) is 13.0 Å². The van der Waals surface area contributed by atoms with Gasteiger partial charge in [0, 0.05) is 18.2 Å². The molecule has 1 aliphatic rings. The summed E-state index contributed by atoms with van der Waals surface area (Å²) < 4.78 is 5.39. The molecule has 3 N–H and O–H groups in total. The van der Waals surface area contributed by atoms with Gasteiger partial charge in [-0.3, -0.25) is 0 Å². The molecule has 1 aromatic carbocycles. The van der Waals surface area contributed by atoms with Gasteiger partial charge in [0.15, 0.2) is 0 Å². The second-order valence-corrected chi connectivity index (χ2v) is 4.23. The van der Waals surface area contributed by atoms with Crippen molar-refractivity contribution < 1.29 is 4.74 Å². The Morgan fingerprint density at radius 1 is 1.50 bits per heavy atom. The number of nitrogens with two attached hydrogens (primary N) is 1. The monoisotopic (exact) mass is 220 g/mol. The molecule has 0 saturated heterocycles. The fourth-order valence-electron chi connectivity index (χ4n) is 2.44. The minimum atomic E-state index is 0.462. The molecule has 0 aliphatic carbocycles.